The molecule has 0 radical (unpaired) electrons. The molecule has 0 amide bonds. The van der Waals surface area contributed by atoms with Gasteiger partial charge in [-0.2, -0.15) is 0 Å². The highest BCUT2D eigenvalue weighted by Gasteiger charge is 2.27. The lowest BCUT2D eigenvalue weighted by atomic mass is 10.0. The molecule has 4 nitrogen and oxygen atoms in total. The Morgan fingerprint density at radius 1 is 1.38 bits per heavy atom. The number of hydrazine groups is 1. The van der Waals surface area contributed by atoms with E-state index >= 15 is 0 Å². The summed E-state index contributed by atoms with van der Waals surface area (Å²) in [5.41, 5.74) is 3.08. The Kier molecular flexibility index (Phi) is 3.84. The second-order valence-electron chi connectivity index (χ2n) is 3.65. The first-order chi connectivity index (χ1) is 7.83. The van der Waals surface area contributed by atoms with Crippen molar-refractivity contribution in [1.29, 1.82) is 0 Å². The molecule has 2 unspecified atom stereocenters. The molecule has 16 heavy (non-hydrogen) atoms. The van der Waals surface area contributed by atoms with Crippen LogP contribution >= 0.6 is 0 Å². The largest absolute Gasteiger partial charge is 0.376 e. The lowest BCUT2D eigenvalue weighted by Gasteiger charge is -2.30. The number of ether oxygens (including phenoxy) is 2. The molecule has 1 aliphatic rings. The van der Waals surface area contributed by atoms with Gasteiger partial charge in [-0.3, -0.25) is 11.3 Å². The van der Waals surface area contributed by atoms with Gasteiger partial charge in [-0.1, -0.05) is 18.2 Å². The van der Waals surface area contributed by atoms with Crippen LogP contribution in [0.25, 0.3) is 0 Å². The van der Waals surface area contributed by atoms with Crippen molar-refractivity contribution in [2.45, 2.75) is 12.1 Å². The number of hydrogen-bond donors (Lipinski definition) is 2. The van der Waals surface area contributed by atoms with E-state index in [1.54, 1.807) is 18.2 Å². The summed E-state index contributed by atoms with van der Waals surface area (Å²) in [4.78, 5) is 0. The van der Waals surface area contributed by atoms with E-state index in [4.69, 9.17) is 15.3 Å². The van der Waals surface area contributed by atoms with Crippen LogP contribution in [0.3, 0.4) is 0 Å². The van der Waals surface area contributed by atoms with Gasteiger partial charge in [-0.05, 0) is 6.07 Å². The molecule has 1 heterocycles. The summed E-state index contributed by atoms with van der Waals surface area (Å²) < 4.78 is 24.4. The van der Waals surface area contributed by atoms with Gasteiger partial charge in [0, 0.05) is 5.56 Å². The summed E-state index contributed by atoms with van der Waals surface area (Å²) in [5, 5.41) is 0. The standard InChI is InChI=1S/C11H15FN2O2/c12-9-4-2-1-3-8(9)11(14-13)10-7-15-5-6-16-10/h1-4,10-11,14H,5-7,13H2. The van der Waals surface area contributed by atoms with Crippen LogP contribution in [0.2, 0.25) is 0 Å². The molecule has 0 spiro atoms. The number of hydrogen-bond acceptors (Lipinski definition) is 4. The fraction of sp³-hybridized carbons (Fsp3) is 0.455. The van der Waals surface area contributed by atoms with Crippen molar-refractivity contribution in [3.63, 3.8) is 0 Å². The Labute approximate surface area is 93.5 Å². The van der Waals surface area contributed by atoms with Crippen molar-refractivity contribution < 1.29 is 13.9 Å². The molecule has 5 heteroatoms. The van der Waals surface area contributed by atoms with Crippen molar-refractivity contribution in [3.05, 3.63) is 35.6 Å². The van der Waals surface area contributed by atoms with E-state index in [2.05, 4.69) is 5.43 Å². The Hall–Kier alpha value is -1.01. The Morgan fingerprint density at radius 2 is 2.19 bits per heavy atom. The molecule has 0 aromatic heterocycles. The minimum absolute atomic E-state index is 0.254. The minimum atomic E-state index is -0.388. The van der Waals surface area contributed by atoms with Crippen LogP contribution in [-0.2, 0) is 9.47 Å². The molecule has 1 aliphatic heterocycles. The average molecular weight is 226 g/mol. The van der Waals surface area contributed by atoms with E-state index in [-0.39, 0.29) is 18.0 Å². The molecule has 0 aliphatic carbocycles. The maximum Gasteiger partial charge on any atom is 0.128 e. The molecule has 88 valence electrons. The van der Waals surface area contributed by atoms with Crippen LogP contribution in [0.4, 0.5) is 4.39 Å². The second kappa shape index (κ2) is 5.36. The minimum Gasteiger partial charge on any atom is -0.376 e. The molecule has 0 bridgehead atoms. The molecule has 1 aromatic rings. The summed E-state index contributed by atoms with van der Waals surface area (Å²) in [6.07, 6.45) is -0.254. The second-order valence-corrected chi connectivity index (χ2v) is 3.65. The van der Waals surface area contributed by atoms with Gasteiger partial charge in [-0.15, -0.1) is 0 Å². The molecule has 0 saturated carbocycles. The zero-order valence-electron chi connectivity index (χ0n) is 8.86. The van der Waals surface area contributed by atoms with Crippen molar-refractivity contribution in [3.8, 4) is 0 Å². The highest BCUT2D eigenvalue weighted by Crippen LogP contribution is 2.23. The predicted molar refractivity (Wildman–Crippen MR) is 57.0 cm³/mol. The van der Waals surface area contributed by atoms with Gasteiger partial charge in [0.2, 0.25) is 0 Å². The Morgan fingerprint density at radius 3 is 2.81 bits per heavy atom. The number of nitrogens with one attached hydrogen (secondary N) is 1. The van der Waals surface area contributed by atoms with Crippen LogP contribution in [-0.4, -0.2) is 25.9 Å². The molecule has 2 rings (SSSR count). The van der Waals surface area contributed by atoms with Gasteiger partial charge in [-0.25, -0.2) is 4.39 Å². The van der Waals surface area contributed by atoms with Crippen LogP contribution in [0.1, 0.15) is 11.6 Å². The van der Waals surface area contributed by atoms with Crippen LogP contribution in [0, 0.1) is 5.82 Å². The quantitative estimate of drug-likeness (QED) is 0.589. The monoisotopic (exact) mass is 226 g/mol. The van der Waals surface area contributed by atoms with Gasteiger partial charge in [0.05, 0.1) is 25.9 Å². The number of nitrogens with two attached hydrogens (primary N) is 1. The zero-order chi connectivity index (χ0) is 11.4. The summed E-state index contributed by atoms with van der Waals surface area (Å²) in [7, 11) is 0. The maximum absolute atomic E-state index is 13.6. The van der Waals surface area contributed by atoms with Crippen molar-refractivity contribution >= 4 is 0 Å². The molecular weight excluding hydrogens is 211 g/mol. The topological polar surface area (TPSA) is 56.5 Å². The number of halogens is 1. The van der Waals surface area contributed by atoms with Gasteiger partial charge in [0.1, 0.15) is 11.9 Å². The van der Waals surface area contributed by atoms with Crippen molar-refractivity contribution in [2.24, 2.45) is 5.84 Å². The summed E-state index contributed by atoms with van der Waals surface area (Å²) >= 11 is 0. The zero-order valence-corrected chi connectivity index (χ0v) is 8.86. The van der Waals surface area contributed by atoms with E-state index in [1.807, 2.05) is 0 Å². The first kappa shape index (κ1) is 11.5. The third-order valence-electron chi connectivity index (χ3n) is 2.63. The molecule has 1 saturated heterocycles. The molecule has 1 fully saturated rings. The SMILES string of the molecule is NNC(c1ccccc1F)C1COCCO1. The normalized spacial score (nSPS) is 23.0. The number of benzene rings is 1. The summed E-state index contributed by atoms with van der Waals surface area (Å²) in [6, 6.07) is 6.12. The molecular formula is C11H15FN2O2. The van der Waals surface area contributed by atoms with E-state index in [0.29, 0.717) is 25.4 Å². The average Bonchev–Trinajstić information content (AvgIpc) is 2.34. The van der Waals surface area contributed by atoms with Gasteiger partial charge in [0.25, 0.3) is 0 Å². The first-order valence-electron chi connectivity index (χ1n) is 5.23. The third kappa shape index (κ3) is 2.38. The maximum atomic E-state index is 13.6. The van der Waals surface area contributed by atoms with Gasteiger partial charge in [0.15, 0.2) is 0 Å². The fourth-order valence-electron chi connectivity index (χ4n) is 1.82. The van der Waals surface area contributed by atoms with Crippen molar-refractivity contribution in [1.82, 2.24) is 5.43 Å². The van der Waals surface area contributed by atoms with E-state index in [9.17, 15) is 4.39 Å². The van der Waals surface area contributed by atoms with Crippen LogP contribution in [0.15, 0.2) is 24.3 Å². The lowest BCUT2D eigenvalue weighted by molar-refractivity contribution is -0.103. The van der Waals surface area contributed by atoms with E-state index in [1.165, 1.54) is 6.07 Å². The Balaban J connectivity index is 2.18. The molecule has 2 atom stereocenters. The molecule has 1 aromatic carbocycles. The van der Waals surface area contributed by atoms with E-state index < -0.39 is 0 Å². The fourth-order valence-corrected chi connectivity index (χ4v) is 1.82. The van der Waals surface area contributed by atoms with E-state index in [0.717, 1.165) is 0 Å². The third-order valence-corrected chi connectivity index (χ3v) is 2.63. The molecule has 3 N–H and O–H groups in total. The summed E-state index contributed by atoms with van der Waals surface area (Å²) in [6.45, 7) is 1.51. The van der Waals surface area contributed by atoms with Crippen molar-refractivity contribution in [2.75, 3.05) is 19.8 Å². The lowest BCUT2D eigenvalue weighted by Crippen LogP contribution is -2.43. The smallest absolute Gasteiger partial charge is 0.128 e. The highest BCUT2D eigenvalue weighted by molar-refractivity contribution is 5.22. The van der Waals surface area contributed by atoms with Crippen LogP contribution < -0.4 is 11.3 Å². The summed E-state index contributed by atoms with van der Waals surface area (Å²) in [5.74, 6) is 5.16. The number of rotatable bonds is 3. The van der Waals surface area contributed by atoms with Gasteiger partial charge >= 0.3 is 0 Å². The highest BCUT2D eigenvalue weighted by atomic mass is 19.1. The first-order valence-corrected chi connectivity index (χ1v) is 5.23. The van der Waals surface area contributed by atoms with Crippen LogP contribution in [0.5, 0.6) is 0 Å². The van der Waals surface area contributed by atoms with Gasteiger partial charge < -0.3 is 9.47 Å². The Bertz CT molecular complexity index is 343. The predicted octanol–water partition coefficient (Wildman–Crippen LogP) is 0.745.